The number of carboxylic acid groups (broad SMARTS) is 1. The van der Waals surface area contributed by atoms with Crippen molar-refractivity contribution in [2.24, 2.45) is 0 Å². The molecule has 0 bridgehead atoms. The third kappa shape index (κ3) is 13.8. The van der Waals surface area contributed by atoms with Crippen LogP contribution >= 0.6 is 11.6 Å². The second-order valence-corrected chi connectivity index (χ2v) is 19.1. The van der Waals surface area contributed by atoms with Crippen LogP contribution in [0.2, 0.25) is 5.15 Å². The van der Waals surface area contributed by atoms with Crippen molar-refractivity contribution >= 4 is 58.1 Å². The van der Waals surface area contributed by atoms with Gasteiger partial charge < -0.3 is 29.9 Å². The fourth-order valence-corrected chi connectivity index (χ4v) is 10.2. The zero-order valence-corrected chi connectivity index (χ0v) is 45.4. The molecule has 1 aliphatic carbocycles. The number of rotatable bonds is 10. The van der Waals surface area contributed by atoms with E-state index < -0.39 is 41.2 Å². The fourth-order valence-electron chi connectivity index (χ4n) is 10.1. The summed E-state index contributed by atoms with van der Waals surface area (Å²) in [6.45, 7) is 5.32. The maximum absolute atomic E-state index is 14.3. The van der Waals surface area contributed by atoms with E-state index in [0.29, 0.717) is 77.3 Å². The van der Waals surface area contributed by atoms with Gasteiger partial charge in [0.2, 0.25) is 0 Å². The Hall–Kier alpha value is -8.04. The maximum atomic E-state index is 14.3. The number of carboxylic acids is 1. The number of anilines is 2. The fraction of sp³-hybridized carbons (Fsp3) is 0.304. The van der Waals surface area contributed by atoms with E-state index >= 15 is 0 Å². The molecule has 0 spiro atoms. The first-order chi connectivity index (χ1) is 38.6. The van der Waals surface area contributed by atoms with Crippen LogP contribution < -0.4 is 28.7 Å². The van der Waals surface area contributed by atoms with Crippen molar-refractivity contribution in [1.82, 2.24) is 43.8 Å². The summed E-state index contributed by atoms with van der Waals surface area (Å²) in [7, 11) is 0. The minimum atomic E-state index is -1.12. The van der Waals surface area contributed by atoms with Crippen molar-refractivity contribution in [2.45, 2.75) is 83.2 Å². The van der Waals surface area contributed by atoms with E-state index in [0.717, 1.165) is 62.8 Å². The summed E-state index contributed by atoms with van der Waals surface area (Å²) in [5, 5.41) is 21.6. The molecule has 8 heterocycles. The Balaban J connectivity index is 0.000000163. The van der Waals surface area contributed by atoms with E-state index in [9.17, 15) is 45.8 Å². The molecular formula is C56H53ClF6LiN11O7. The predicted molar refractivity (Wildman–Crippen MR) is 284 cm³/mol. The molecule has 0 amide bonds. The Morgan fingerprint density at radius 3 is 1.38 bits per heavy atom. The number of carbonyl (C=O) groups is 3. The van der Waals surface area contributed by atoms with Crippen LogP contribution in [-0.2, 0) is 9.47 Å². The van der Waals surface area contributed by atoms with Crippen LogP contribution in [0.4, 0.5) is 38.0 Å². The van der Waals surface area contributed by atoms with Crippen LogP contribution in [0.1, 0.15) is 131 Å². The molecule has 2 atom stereocenters. The molecular weight excluding hydrogens is 1100 g/mol. The van der Waals surface area contributed by atoms with Crippen molar-refractivity contribution in [3.05, 3.63) is 183 Å². The Labute approximate surface area is 482 Å². The Morgan fingerprint density at radius 2 is 0.939 bits per heavy atom. The van der Waals surface area contributed by atoms with E-state index in [1.807, 2.05) is 9.80 Å². The zero-order chi connectivity index (χ0) is 56.6. The molecule has 18 nitrogen and oxygen atoms in total. The second kappa shape index (κ2) is 27.6. The summed E-state index contributed by atoms with van der Waals surface area (Å²) in [6.07, 6.45) is 16.3. The quantitative estimate of drug-likeness (QED) is 0.0587. The minimum Gasteiger partial charge on any atom is -0.870 e. The van der Waals surface area contributed by atoms with Gasteiger partial charge in [-0.2, -0.15) is 15.3 Å². The average Bonchev–Trinajstić information content (AvgIpc) is 4.45. The number of esters is 2. The number of aromatic carboxylic acids is 1. The number of ether oxygens (including phenoxy) is 2. The maximum Gasteiger partial charge on any atom is 1.00 e. The van der Waals surface area contributed by atoms with Gasteiger partial charge in [-0.1, -0.05) is 24.4 Å². The number of benzene rings is 3. The standard InChI is InChI=1S/C19H18F2N4O2.C17H14F2N4O2.C11H12F2.C9H8ClN3O2.Li.H2O/c1-2-27-19(26)14-11-22-25-9-7-17(23-18(14)25)24-8-3-4-16(24)13-10-12(20)5-6-15(13)21;18-10-3-4-13(19)11(8-10)14-2-1-6-22(14)15-5-7-23-16(21-15)12(9-20-23)17(24)25;12-9-5-6-11(13)10(7-9)8-3-1-2-4-8;1-2-15-9(14)6-5-11-13-4-3-7(10)12-8(6)13;;/h5-7,9-11,16H,2-4,8H2,1H3;3-5,7-9,14H,1-2,6H2,(H,24,25);5-8H,1-4H2;3-5H,2H2,1H3;;1H2/q;;;;+1;/p-1/t16-;14-;;;;/m11..../s1. The largest absolute Gasteiger partial charge is 1.00 e. The Kier molecular flexibility index (Phi) is 20.7. The number of hydrogen-bond acceptors (Lipinski definition) is 14. The van der Waals surface area contributed by atoms with Crippen LogP contribution in [-0.4, -0.2) is 98.6 Å². The monoisotopic (exact) mass is 1150 g/mol. The molecule has 3 aromatic carbocycles. The number of halogens is 7. The minimum absolute atomic E-state index is 0. The van der Waals surface area contributed by atoms with Gasteiger partial charge in [-0.15, -0.1) is 0 Å². The molecule has 2 saturated heterocycles. The molecule has 12 rings (SSSR count). The molecule has 424 valence electrons. The van der Waals surface area contributed by atoms with Gasteiger partial charge in [-0.3, -0.25) is 0 Å². The first-order valence-corrected chi connectivity index (χ1v) is 26.1. The van der Waals surface area contributed by atoms with E-state index in [-0.39, 0.29) is 82.9 Å². The van der Waals surface area contributed by atoms with Crippen molar-refractivity contribution in [3.63, 3.8) is 0 Å². The molecule has 6 aromatic heterocycles. The molecule has 2 aliphatic heterocycles. The second-order valence-electron chi connectivity index (χ2n) is 18.7. The van der Waals surface area contributed by atoms with Crippen LogP contribution in [0, 0.1) is 34.9 Å². The summed E-state index contributed by atoms with van der Waals surface area (Å²) in [4.78, 5) is 51.6. The van der Waals surface area contributed by atoms with Crippen LogP contribution in [0.15, 0.2) is 110 Å². The van der Waals surface area contributed by atoms with Crippen LogP contribution in [0.5, 0.6) is 0 Å². The normalized spacial score (nSPS) is 15.6. The number of hydrogen-bond donors (Lipinski definition) is 1. The van der Waals surface area contributed by atoms with Crippen molar-refractivity contribution < 1.29 is 79.6 Å². The number of nitrogens with zero attached hydrogens (tertiary/aromatic N) is 11. The third-order valence-corrected chi connectivity index (χ3v) is 14.0. The van der Waals surface area contributed by atoms with Gasteiger partial charge in [0.1, 0.15) is 68.4 Å². The van der Waals surface area contributed by atoms with Gasteiger partial charge in [-0.05, 0) is 137 Å². The summed E-state index contributed by atoms with van der Waals surface area (Å²) in [5.74, 6) is -3.16. The number of aromatic nitrogens is 9. The van der Waals surface area contributed by atoms with Gasteiger partial charge in [-0.25, -0.2) is 69.2 Å². The summed E-state index contributed by atoms with van der Waals surface area (Å²) in [6, 6.07) is 15.0. The van der Waals surface area contributed by atoms with Gasteiger partial charge in [0.15, 0.2) is 16.9 Å². The number of fused-ring (bicyclic) bond motifs is 3. The molecule has 82 heavy (non-hydrogen) atoms. The summed E-state index contributed by atoms with van der Waals surface area (Å²) >= 11 is 5.72. The molecule has 0 radical (unpaired) electrons. The van der Waals surface area contributed by atoms with Crippen molar-refractivity contribution in [2.75, 3.05) is 36.1 Å². The van der Waals surface area contributed by atoms with E-state index in [1.165, 1.54) is 62.5 Å². The van der Waals surface area contributed by atoms with Crippen molar-refractivity contribution in [1.29, 1.82) is 0 Å². The third-order valence-electron chi connectivity index (χ3n) is 13.7. The molecule has 1 saturated carbocycles. The molecule has 0 unspecified atom stereocenters. The predicted octanol–water partition coefficient (Wildman–Crippen LogP) is 8.58. The van der Waals surface area contributed by atoms with Gasteiger partial charge >= 0.3 is 36.8 Å². The average molecular weight is 1150 g/mol. The van der Waals surface area contributed by atoms with Gasteiger partial charge in [0.25, 0.3) is 0 Å². The van der Waals surface area contributed by atoms with Gasteiger partial charge in [0, 0.05) is 42.8 Å². The molecule has 9 aromatic rings. The molecule has 3 fully saturated rings. The van der Waals surface area contributed by atoms with E-state index in [4.69, 9.17) is 21.1 Å². The van der Waals surface area contributed by atoms with Crippen LogP contribution in [0.25, 0.3) is 16.9 Å². The van der Waals surface area contributed by atoms with E-state index in [1.54, 1.807) is 50.6 Å². The van der Waals surface area contributed by atoms with Gasteiger partial charge in [0.05, 0.1) is 43.9 Å². The van der Waals surface area contributed by atoms with Crippen LogP contribution in [0.3, 0.4) is 0 Å². The molecule has 3 aliphatic rings. The SMILES string of the molecule is CCOC(=O)c1cnn2ccc(Cl)nc12.CCOC(=O)c1cnn2ccc(N3CCC[C@@H]3c3cc(F)ccc3F)nc12.Fc1ccc(F)c(C2CCCC2)c1.O=C(O)c1cnn2ccc(N3CCC[C@@H]3c3cc(F)ccc3F)nc12.[Li+].[OH-]. The molecule has 2 N–H and O–H groups in total. The summed E-state index contributed by atoms with van der Waals surface area (Å²) < 4.78 is 96.0. The molecule has 26 heteroatoms. The zero-order valence-electron chi connectivity index (χ0n) is 44.6. The Morgan fingerprint density at radius 1 is 0.549 bits per heavy atom. The van der Waals surface area contributed by atoms with E-state index in [2.05, 4.69) is 30.2 Å². The first-order valence-electron chi connectivity index (χ1n) is 25.8. The summed E-state index contributed by atoms with van der Waals surface area (Å²) in [5.41, 5.74) is 2.74. The smallest absolute Gasteiger partial charge is 0.870 e. The number of carbonyl (C=O) groups excluding carboxylic acids is 2. The van der Waals surface area contributed by atoms with Crippen molar-refractivity contribution in [3.8, 4) is 0 Å². The Bertz CT molecular complexity index is 3720. The topological polar surface area (TPSA) is 217 Å². The first kappa shape index (κ1) is 61.6.